The maximum Gasteiger partial charge on any atom is 0.332 e. The highest BCUT2D eigenvalue weighted by Gasteiger charge is 2.10. The van der Waals surface area contributed by atoms with Crippen LogP contribution in [0.5, 0.6) is 11.5 Å². The Morgan fingerprint density at radius 3 is 2.56 bits per heavy atom. The molecule has 0 amide bonds. The lowest BCUT2D eigenvalue weighted by molar-refractivity contribution is -0.149. The largest absolute Gasteiger partial charge is 0.494 e. The molecule has 0 aliphatic rings. The van der Waals surface area contributed by atoms with Gasteiger partial charge in [0.05, 0.1) is 13.2 Å². The summed E-state index contributed by atoms with van der Waals surface area (Å²) in [6.45, 7) is 4.52. The van der Waals surface area contributed by atoms with Crippen molar-refractivity contribution < 1.29 is 24.1 Å². The lowest BCUT2D eigenvalue weighted by atomic mass is 10.3. The molecule has 0 aliphatic carbocycles. The third kappa shape index (κ3) is 5.05. The molecule has 0 heterocycles. The monoisotopic (exact) mass is 254 g/mol. The van der Waals surface area contributed by atoms with Crippen LogP contribution in [0.1, 0.15) is 13.8 Å². The molecule has 0 fully saturated rings. The molecule has 0 saturated heterocycles. The number of carbonyl (C=O) groups is 1. The Labute approximate surface area is 106 Å². The summed E-state index contributed by atoms with van der Waals surface area (Å²) in [7, 11) is 0. The number of ether oxygens (including phenoxy) is 3. The van der Waals surface area contributed by atoms with Gasteiger partial charge in [-0.3, -0.25) is 0 Å². The van der Waals surface area contributed by atoms with E-state index in [-0.39, 0.29) is 6.61 Å². The standard InChI is InChI=1S/C13H18O5/c1-3-16-11-5-4-6-12(9-11)18-8-7-17-10(2)13(14)15/h4-6,9-10H,3,7-8H2,1-2H3,(H,14,15). The minimum absolute atomic E-state index is 0.229. The average molecular weight is 254 g/mol. The first-order chi connectivity index (χ1) is 8.63. The number of hydrogen-bond acceptors (Lipinski definition) is 4. The molecule has 5 heteroatoms. The second-order valence-corrected chi connectivity index (χ2v) is 3.61. The first kappa shape index (κ1) is 14.3. The zero-order valence-corrected chi connectivity index (χ0v) is 10.6. The Kier molecular flexibility index (Phi) is 6.00. The van der Waals surface area contributed by atoms with E-state index in [1.807, 2.05) is 25.1 Å². The Bertz CT molecular complexity index is 377. The van der Waals surface area contributed by atoms with E-state index in [0.717, 1.165) is 5.75 Å². The molecule has 0 aromatic heterocycles. The van der Waals surface area contributed by atoms with Crippen LogP contribution in [0.2, 0.25) is 0 Å². The van der Waals surface area contributed by atoms with Gasteiger partial charge in [-0.05, 0) is 26.0 Å². The van der Waals surface area contributed by atoms with Gasteiger partial charge in [-0.2, -0.15) is 0 Å². The van der Waals surface area contributed by atoms with Crippen molar-refractivity contribution in [1.82, 2.24) is 0 Å². The zero-order chi connectivity index (χ0) is 13.4. The Hall–Kier alpha value is -1.75. The highest BCUT2D eigenvalue weighted by Crippen LogP contribution is 2.19. The fraction of sp³-hybridized carbons (Fsp3) is 0.462. The summed E-state index contributed by atoms with van der Waals surface area (Å²) >= 11 is 0. The first-order valence-electron chi connectivity index (χ1n) is 5.83. The lowest BCUT2D eigenvalue weighted by Crippen LogP contribution is -2.22. The van der Waals surface area contributed by atoms with E-state index in [1.165, 1.54) is 6.92 Å². The predicted octanol–water partition coefficient (Wildman–Crippen LogP) is 1.95. The Morgan fingerprint density at radius 1 is 1.28 bits per heavy atom. The fourth-order valence-corrected chi connectivity index (χ4v) is 1.28. The Balaban J connectivity index is 2.30. The second kappa shape index (κ2) is 7.55. The zero-order valence-electron chi connectivity index (χ0n) is 10.6. The van der Waals surface area contributed by atoms with Crippen molar-refractivity contribution in [2.24, 2.45) is 0 Å². The summed E-state index contributed by atoms with van der Waals surface area (Å²) in [6.07, 6.45) is -0.816. The number of carboxylic acids is 1. The highest BCUT2D eigenvalue weighted by atomic mass is 16.5. The summed E-state index contributed by atoms with van der Waals surface area (Å²) < 4.78 is 15.8. The summed E-state index contributed by atoms with van der Waals surface area (Å²) in [4.78, 5) is 10.5. The molecule has 0 spiro atoms. The van der Waals surface area contributed by atoms with Crippen molar-refractivity contribution in [3.8, 4) is 11.5 Å². The van der Waals surface area contributed by atoms with Gasteiger partial charge in [0.1, 0.15) is 18.1 Å². The van der Waals surface area contributed by atoms with E-state index in [4.69, 9.17) is 19.3 Å². The minimum atomic E-state index is -0.978. The maximum atomic E-state index is 10.5. The van der Waals surface area contributed by atoms with Crippen molar-refractivity contribution in [3.05, 3.63) is 24.3 Å². The Morgan fingerprint density at radius 2 is 1.94 bits per heavy atom. The summed E-state index contributed by atoms with van der Waals surface area (Å²) in [5.74, 6) is 0.440. The van der Waals surface area contributed by atoms with Gasteiger partial charge in [0.25, 0.3) is 0 Å². The molecular formula is C13H18O5. The minimum Gasteiger partial charge on any atom is -0.494 e. The van der Waals surface area contributed by atoms with Crippen LogP contribution < -0.4 is 9.47 Å². The maximum absolute atomic E-state index is 10.5. The fourth-order valence-electron chi connectivity index (χ4n) is 1.28. The van der Waals surface area contributed by atoms with Crippen molar-refractivity contribution in [3.63, 3.8) is 0 Å². The number of carboxylic acid groups (broad SMARTS) is 1. The molecule has 100 valence electrons. The number of aliphatic carboxylic acids is 1. The van der Waals surface area contributed by atoms with Crippen LogP contribution in [0.15, 0.2) is 24.3 Å². The molecular weight excluding hydrogens is 236 g/mol. The molecule has 18 heavy (non-hydrogen) atoms. The molecule has 0 bridgehead atoms. The first-order valence-corrected chi connectivity index (χ1v) is 5.83. The highest BCUT2D eigenvalue weighted by molar-refractivity contribution is 5.71. The number of rotatable bonds is 8. The van der Waals surface area contributed by atoms with Gasteiger partial charge in [0.15, 0.2) is 6.10 Å². The van der Waals surface area contributed by atoms with Gasteiger partial charge >= 0.3 is 5.97 Å². The van der Waals surface area contributed by atoms with Gasteiger partial charge in [0, 0.05) is 6.07 Å². The number of hydrogen-bond donors (Lipinski definition) is 1. The number of benzene rings is 1. The third-order valence-electron chi connectivity index (χ3n) is 2.18. The van der Waals surface area contributed by atoms with Crippen LogP contribution in [0.3, 0.4) is 0 Å². The van der Waals surface area contributed by atoms with Crippen LogP contribution in [0, 0.1) is 0 Å². The smallest absolute Gasteiger partial charge is 0.332 e. The average Bonchev–Trinajstić information content (AvgIpc) is 2.35. The lowest BCUT2D eigenvalue weighted by Gasteiger charge is -2.10. The second-order valence-electron chi connectivity index (χ2n) is 3.61. The van der Waals surface area contributed by atoms with Gasteiger partial charge in [-0.25, -0.2) is 4.79 Å². The molecule has 0 aliphatic heterocycles. The van der Waals surface area contributed by atoms with Crippen LogP contribution in [-0.2, 0) is 9.53 Å². The predicted molar refractivity (Wildman–Crippen MR) is 66.2 cm³/mol. The van der Waals surface area contributed by atoms with Gasteiger partial charge in [-0.15, -0.1) is 0 Å². The van der Waals surface area contributed by atoms with Crippen LogP contribution >= 0.6 is 0 Å². The molecule has 1 unspecified atom stereocenters. The third-order valence-corrected chi connectivity index (χ3v) is 2.18. The molecule has 1 rings (SSSR count). The van der Waals surface area contributed by atoms with E-state index in [0.29, 0.717) is 19.0 Å². The van der Waals surface area contributed by atoms with Crippen molar-refractivity contribution >= 4 is 5.97 Å². The van der Waals surface area contributed by atoms with E-state index >= 15 is 0 Å². The quantitative estimate of drug-likeness (QED) is 0.718. The molecule has 1 atom stereocenters. The van der Waals surface area contributed by atoms with E-state index in [9.17, 15) is 4.79 Å². The van der Waals surface area contributed by atoms with Gasteiger partial charge in [-0.1, -0.05) is 6.07 Å². The van der Waals surface area contributed by atoms with Gasteiger partial charge in [0.2, 0.25) is 0 Å². The van der Waals surface area contributed by atoms with Crippen molar-refractivity contribution in [2.45, 2.75) is 20.0 Å². The SMILES string of the molecule is CCOc1cccc(OCCOC(C)C(=O)O)c1. The molecule has 1 aromatic carbocycles. The summed E-state index contributed by atoms with van der Waals surface area (Å²) in [5, 5.41) is 8.61. The van der Waals surface area contributed by atoms with Crippen molar-refractivity contribution in [2.75, 3.05) is 19.8 Å². The molecule has 5 nitrogen and oxygen atoms in total. The van der Waals surface area contributed by atoms with Crippen molar-refractivity contribution in [1.29, 1.82) is 0 Å². The van der Waals surface area contributed by atoms with Crippen LogP contribution in [0.25, 0.3) is 0 Å². The molecule has 1 aromatic rings. The normalized spacial score (nSPS) is 11.9. The molecule has 1 N–H and O–H groups in total. The van der Waals surface area contributed by atoms with E-state index in [2.05, 4.69) is 0 Å². The van der Waals surface area contributed by atoms with Crippen LogP contribution in [-0.4, -0.2) is 37.0 Å². The molecule has 0 saturated carbocycles. The van der Waals surface area contributed by atoms with E-state index < -0.39 is 12.1 Å². The van der Waals surface area contributed by atoms with Gasteiger partial charge < -0.3 is 19.3 Å². The topological polar surface area (TPSA) is 65.0 Å². The van der Waals surface area contributed by atoms with Crippen LogP contribution in [0.4, 0.5) is 0 Å². The molecule has 0 radical (unpaired) electrons. The summed E-state index contributed by atoms with van der Waals surface area (Å²) in [6, 6.07) is 7.27. The van der Waals surface area contributed by atoms with E-state index in [1.54, 1.807) is 6.07 Å². The summed E-state index contributed by atoms with van der Waals surface area (Å²) in [5.41, 5.74) is 0.